The lowest BCUT2D eigenvalue weighted by Crippen LogP contribution is -2.28. The Morgan fingerprint density at radius 2 is 2.12 bits per heavy atom. The highest BCUT2D eigenvalue weighted by Gasteiger charge is 2.25. The van der Waals surface area contributed by atoms with Gasteiger partial charge in [-0.05, 0) is 6.07 Å². The van der Waals surface area contributed by atoms with E-state index in [0.29, 0.717) is 12.1 Å². The molecule has 0 bridgehead atoms. The van der Waals surface area contributed by atoms with Gasteiger partial charge in [0.15, 0.2) is 0 Å². The molecule has 1 aromatic rings. The minimum atomic E-state index is -1.54. The normalized spacial score (nSPS) is 10.1. The molecule has 0 aliphatic heterocycles. The monoisotopic (exact) mass is 246 g/mol. The number of carbonyl (C=O) groups is 1. The molecular weight excluding hydrogens is 238 g/mol. The topological polar surface area (TPSA) is 92.5 Å². The predicted molar refractivity (Wildman–Crippen MR) is 52.4 cm³/mol. The van der Waals surface area contributed by atoms with Crippen molar-refractivity contribution in [1.82, 2.24) is 5.32 Å². The minimum Gasteiger partial charge on any atom is -0.395 e. The number of rotatable bonds is 4. The molecule has 0 aromatic heterocycles. The number of halogens is 2. The van der Waals surface area contributed by atoms with Crippen LogP contribution in [0.1, 0.15) is 10.4 Å². The van der Waals surface area contributed by atoms with Crippen molar-refractivity contribution in [3.63, 3.8) is 0 Å². The number of amides is 1. The molecule has 1 aromatic carbocycles. The Labute approximate surface area is 94.0 Å². The highest BCUT2D eigenvalue weighted by Crippen LogP contribution is 2.22. The van der Waals surface area contributed by atoms with E-state index in [-0.39, 0.29) is 6.54 Å². The maximum atomic E-state index is 13.5. The first-order valence-electron chi connectivity index (χ1n) is 4.50. The second-order valence-corrected chi connectivity index (χ2v) is 2.99. The minimum absolute atomic E-state index is 0.208. The molecule has 0 atom stereocenters. The number of hydrogen-bond acceptors (Lipinski definition) is 4. The molecule has 17 heavy (non-hydrogen) atoms. The average molecular weight is 246 g/mol. The van der Waals surface area contributed by atoms with Gasteiger partial charge in [-0.25, -0.2) is 4.39 Å². The summed E-state index contributed by atoms with van der Waals surface area (Å²) in [6.45, 7) is -0.621. The lowest BCUT2D eigenvalue weighted by Gasteiger charge is -2.05. The van der Waals surface area contributed by atoms with Crippen molar-refractivity contribution >= 4 is 11.6 Å². The summed E-state index contributed by atoms with van der Waals surface area (Å²) in [7, 11) is 0. The lowest BCUT2D eigenvalue weighted by molar-refractivity contribution is -0.387. The number of nitrogens with zero attached hydrogens (tertiary/aromatic N) is 1. The number of benzene rings is 1. The van der Waals surface area contributed by atoms with Crippen LogP contribution in [0.25, 0.3) is 0 Å². The van der Waals surface area contributed by atoms with Crippen molar-refractivity contribution in [3.05, 3.63) is 39.4 Å². The number of nitro groups is 1. The third kappa shape index (κ3) is 2.72. The number of nitrogens with one attached hydrogen (secondary N) is 1. The van der Waals surface area contributed by atoms with Crippen LogP contribution in [0.15, 0.2) is 12.1 Å². The van der Waals surface area contributed by atoms with E-state index in [1.54, 1.807) is 0 Å². The summed E-state index contributed by atoms with van der Waals surface area (Å²) in [5.41, 5.74) is -2.02. The molecule has 6 nitrogen and oxygen atoms in total. The van der Waals surface area contributed by atoms with Gasteiger partial charge in [0.2, 0.25) is 5.82 Å². The van der Waals surface area contributed by atoms with Crippen LogP contribution in [0.4, 0.5) is 14.5 Å². The zero-order chi connectivity index (χ0) is 13.0. The maximum Gasteiger partial charge on any atom is 0.305 e. The summed E-state index contributed by atoms with van der Waals surface area (Å²) in [5, 5.41) is 20.8. The SMILES string of the molecule is O=C(NCCO)c1c(F)ccc([N+](=O)[O-])c1F. The van der Waals surface area contributed by atoms with E-state index in [1.807, 2.05) is 5.32 Å². The molecule has 92 valence electrons. The van der Waals surface area contributed by atoms with Crippen molar-refractivity contribution in [2.75, 3.05) is 13.2 Å². The molecule has 0 saturated carbocycles. The Hall–Kier alpha value is -2.09. The summed E-state index contributed by atoms with van der Waals surface area (Å²) >= 11 is 0. The van der Waals surface area contributed by atoms with E-state index in [0.717, 1.165) is 0 Å². The molecule has 0 saturated heterocycles. The van der Waals surface area contributed by atoms with Gasteiger partial charge in [0.25, 0.3) is 5.91 Å². The molecular formula is C9H8F2N2O4. The van der Waals surface area contributed by atoms with Crippen molar-refractivity contribution in [1.29, 1.82) is 0 Å². The van der Waals surface area contributed by atoms with E-state index >= 15 is 0 Å². The molecule has 0 radical (unpaired) electrons. The molecule has 0 spiro atoms. The van der Waals surface area contributed by atoms with Crippen LogP contribution >= 0.6 is 0 Å². The molecule has 0 aliphatic carbocycles. The highest BCUT2D eigenvalue weighted by molar-refractivity contribution is 5.95. The summed E-state index contributed by atoms with van der Waals surface area (Å²) in [5.74, 6) is -3.90. The fourth-order valence-corrected chi connectivity index (χ4v) is 1.15. The van der Waals surface area contributed by atoms with E-state index in [2.05, 4.69) is 0 Å². The standard InChI is InChI=1S/C9H8F2N2O4/c10-5-1-2-6(13(16)17)8(11)7(5)9(15)12-3-4-14/h1-2,14H,3-4H2,(H,12,15). The lowest BCUT2D eigenvalue weighted by atomic mass is 10.1. The van der Waals surface area contributed by atoms with Crippen LogP contribution in [0.2, 0.25) is 0 Å². The zero-order valence-corrected chi connectivity index (χ0v) is 8.44. The first-order valence-corrected chi connectivity index (χ1v) is 4.50. The van der Waals surface area contributed by atoms with Gasteiger partial charge in [-0.15, -0.1) is 0 Å². The Balaban J connectivity index is 3.18. The molecule has 8 heteroatoms. The Morgan fingerprint density at radius 3 is 2.65 bits per heavy atom. The van der Waals surface area contributed by atoms with Crippen LogP contribution < -0.4 is 5.32 Å². The smallest absolute Gasteiger partial charge is 0.305 e. The Kier molecular flexibility index (Phi) is 4.05. The molecule has 0 heterocycles. The van der Waals surface area contributed by atoms with Crippen LogP contribution in [0.5, 0.6) is 0 Å². The molecule has 2 N–H and O–H groups in total. The Morgan fingerprint density at radius 1 is 1.47 bits per heavy atom. The quantitative estimate of drug-likeness (QED) is 0.600. The Bertz CT molecular complexity index is 465. The first-order chi connectivity index (χ1) is 7.99. The fourth-order valence-electron chi connectivity index (χ4n) is 1.15. The van der Waals surface area contributed by atoms with E-state index < -0.39 is 40.3 Å². The highest BCUT2D eigenvalue weighted by atomic mass is 19.1. The zero-order valence-electron chi connectivity index (χ0n) is 8.44. The van der Waals surface area contributed by atoms with Crippen molar-refractivity contribution in [2.45, 2.75) is 0 Å². The van der Waals surface area contributed by atoms with Gasteiger partial charge in [0, 0.05) is 12.6 Å². The third-order valence-corrected chi connectivity index (χ3v) is 1.89. The van der Waals surface area contributed by atoms with Crippen LogP contribution in [-0.4, -0.2) is 29.1 Å². The van der Waals surface area contributed by atoms with Gasteiger partial charge in [-0.3, -0.25) is 14.9 Å². The largest absolute Gasteiger partial charge is 0.395 e. The second kappa shape index (κ2) is 5.30. The van der Waals surface area contributed by atoms with E-state index in [9.17, 15) is 23.7 Å². The van der Waals surface area contributed by atoms with Gasteiger partial charge < -0.3 is 10.4 Å². The van der Waals surface area contributed by atoms with Gasteiger partial charge >= 0.3 is 5.69 Å². The van der Waals surface area contributed by atoms with Gasteiger partial charge in [0.05, 0.1) is 11.5 Å². The van der Waals surface area contributed by atoms with Gasteiger partial charge in [-0.2, -0.15) is 4.39 Å². The van der Waals surface area contributed by atoms with E-state index in [1.165, 1.54) is 0 Å². The first kappa shape index (κ1) is 13.0. The maximum absolute atomic E-state index is 13.5. The second-order valence-electron chi connectivity index (χ2n) is 2.99. The molecule has 0 aliphatic rings. The summed E-state index contributed by atoms with van der Waals surface area (Å²) in [4.78, 5) is 20.6. The van der Waals surface area contributed by atoms with Crippen molar-refractivity contribution in [3.8, 4) is 0 Å². The van der Waals surface area contributed by atoms with Crippen LogP contribution in [0.3, 0.4) is 0 Å². The fraction of sp³-hybridized carbons (Fsp3) is 0.222. The number of hydrogen-bond donors (Lipinski definition) is 2. The number of aliphatic hydroxyl groups is 1. The predicted octanol–water partition coefficient (Wildman–Crippen LogP) is 0.595. The summed E-state index contributed by atoms with van der Waals surface area (Å²) in [6.07, 6.45) is 0. The summed E-state index contributed by atoms with van der Waals surface area (Å²) in [6, 6.07) is 1.27. The molecule has 1 rings (SSSR count). The molecule has 0 fully saturated rings. The van der Waals surface area contributed by atoms with Gasteiger partial charge in [-0.1, -0.05) is 0 Å². The molecule has 1 amide bonds. The number of nitro benzene ring substituents is 1. The number of carbonyl (C=O) groups excluding carboxylic acids is 1. The third-order valence-electron chi connectivity index (χ3n) is 1.89. The van der Waals surface area contributed by atoms with E-state index in [4.69, 9.17) is 5.11 Å². The van der Waals surface area contributed by atoms with Gasteiger partial charge in [0.1, 0.15) is 11.4 Å². The number of aliphatic hydroxyl groups excluding tert-OH is 1. The van der Waals surface area contributed by atoms with Crippen molar-refractivity contribution < 1.29 is 23.6 Å². The summed E-state index contributed by atoms with van der Waals surface area (Å²) < 4.78 is 26.6. The van der Waals surface area contributed by atoms with Crippen LogP contribution in [-0.2, 0) is 0 Å². The average Bonchev–Trinajstić information content (AvgIpc) is 2.25. The molecule has 0 unspecified atom stereocenters. The van der Waals surface area contributed by atoms with Crippen LogP contribution in [0, 0.1) is 21.7 Å². The van der Waals surface area contributed by atoms with Crippen molar-refractivity contribution in [2.24, 2.45) is 0 Å².